The summed E-state index contributed by atoms with van der Waals surface area (Å²) in [6.07, 6.45) is 7.06. The fourth-order valence-electron chi connectivity index (χ4n) is 2.31. The summed E-state index contributed by atoms with van der Waals surface area (Å²) < 4.78 is 5.88. The van der Waals surface area contributed by atoms with Crippen LogP contribution in [0.3, 0.4) is 0 Å². The smallest absolute Gasteiger partial charge is 0.115 e. The Kier molecular flexibility index (Phi) is 4.88. The molecule has 0 aromatic carbocycles. The van der Waals surface area contributed by atoms with Gasteiger partial charge in [-0.2, -0.15) is 0 Å². The number of hydrogen-bond acceptors (Lipinski definition) is 4. The van der Waals surface area contributed by atoms with Crippen molar-refractivity contribution in [3.05, 3.63) is 24.3 Å². The molecule has 1 aromatic rings. The number of hydrogen-bond donors (Lipinski definition) is 1. The van der Waals surface area contributed by atoms with E-state index in [-0.39, 0.29) is 6.10 Å². The highest BCUT2D eigenvalue weighted by Crippen LogP contribution is 2.31. The van der Waals surface area contributed by atoms with Crippen molar-refractivity contribution in [1.82, 2.24) is 15.3 Å². The van der Waals surface area contributed by atoms with Gasteiger partial charge in [0.1, 0.15) is 12.4 Å². The maximum absolute atomic E-state index is 5.88. The summed E-state index contributed by atoms with van der Waals surface area (Å²) in [5.41, 5.74) is 1.02. The van der Waals surface area contributed by atoms with E-state index >= 15 is 0 Å². The lowest BCUT2D eigenvalue weighted by Gasteiger charge is -2.31. The van der Waals surface area contributed by atoms with Gasteiger partial charge in [0.25, 0.3) is 0 Å². The largest absolute Gasteiger partial charge is 0.372 e. The van der Waals surface area contributed by atoms with Crippen molar-refractivity contribution < 1.29 is 4.74 Å². The average molecular weight is 235 g/mol. The Bertz CT molecular complexity index is 318. The molecule has 2 atom stereocenters. The SMILES string of the molecule is CCCNCC1CCCOC1c1ccncn1. The minimum Gasteiger partial charge on any atom is -0.372 e. The highest BCUT2D eigenvalue weighted by molar-refractivity contribution is 5.05. The Morgan fingerprint density at radius 3 is 3.24 bits per heavy atom. The third-order valence-electron chi connectivity index (χ3n) is 3.17. The van der Waals surface area contributed by atoms with Crippen LogP contribution in [-0.2, 0) is 4.74 Å². The molecule has 1 aliphatic heterocycles. The van der Waals surface area contributed by atoms with Crippen LogP contribution in [0.2, 0.25) is 0 Å². The number of nitrogens with zero attached hydrogens (tertiary/aromatic N) is 2. The molecule has 1 aliphatic rings. The van der Waals surface area contributed by atoms with Gasteiger partial charge in [-0.15, -0.1) is 0 Å². The molecule has 4 nitrogen and oxygen atoms in total. The second-order valence-electron chi connectivity index (χ2n) is 4.53. The molecule has 2 rings (SSSR count). The van der Waals surface area contributed by atoms with Gasteiger partial charge in [-0.1, -0.05) is 6.92 Å². The Morgan fingerprint density at radius 2 is 2.47 bits per heavy atom. The van der Waals surface area contributed by atoms with Crippen LogP contribution in [0.1, 0.15) is 38.0 Å². The summed E-state index contributed by atoms with van der Waals surface area (Å²) in [6, 6.07) is 1.96. The molecule has 1 saturated heterocycles. The molecule has 0 bridgehead atoms. The minimum atomic E-state index is 0.135. The van der Waals surface area contributed by atoms with Gasteiger partial charge < -0.3 is 10.1 Å². The third-order valence-corrected chi connectivity index (χ3v) is 3.17. The molecule has 0 radical (unpaired) electrons. The Labute approximate surface area is 103 Å². The molecule has 17 heavy (non-hydrogen) atoms. The van der Waals surface area contributed by atoms with E-state index < -0.39 is 0 Å². The maximum Gasteiger partial charge on any atom is 0.115 e. The van der Waals surface area contributed by atoms with Crippen molar-refractivity contribution in [2.24, 2.45) is 5.92 Å². The zero-order chi connectivity index (χ0) is 11.9. The third kappa shape index (κ3) is 3.48. The van der Waals surface area contributed by atoms with Crippen LogP contribution >= 0.6 is 0 Å². The fourth-order valence-corrected chi connectivity index (χ4v) is 2.31. The highest BCUT2D eigenvalue weighted by atomic mass is 16.5. The van der Waals surface area contributed by atoms with Crippen LogP contribution in [0, 0.1) is 5.92 Å². The normalized spacial score (nSPS) is 24.8. The summed E-state index contributed by atoms with van der Waals surface area (Å²) in [5.74, 6) is 0.533. The molecular formula is C13H21N3O. The van der Waals surface area contributed by atoms with Gasteiger partial charge in [-0.25, -0.2) is 9.97 Å². The monoisotopic (exact) mass is 235 g/mol. The van der Waals surface area contributed by atoms with Crippen molar-refractivity contribution in [3.63, 3.8) is 0 Å². The minimum absolute atomic E-state index is 0.135. The van der Waals surface area contributed by atoms with E-state index in [1.54, 1.807) is 12.5 Å². The van der Waals surface area contributed by atoms with Gasteiger partial charge >= 0.3 is 0 Å². The second-order valence-corrected chi connectivity index (χ2v) is 4.53. The first-order valence-corrected chi connectivity index (χ1v) is 6.50. The lowest BCUT2D eigenvalue weighted by Crippen LogP contribution is -2.32. The molecule has 94 valence electrons. The van der Waals surface area contributed by atoms with E-state index in [1.165, 1.54) is 12.8 Å². The lowest BCUT2D eigenvalue weighted by molar-refractivity contribution is -0.0302. The van der Waals surface area contributed by atoms with Gasteiger partial charge in [0, 0.05) is 25.3 Å². The molecule has 1 aromatic heterocycles. The summed E-state index contributed by atoms with van der Waals surface area (Å²) >= 11 is 0. The summed E-state index contributed by atoms with van der Waals surface area (Å²) in [7, 11) is 0. The van der Waals surface area contributed by atoms with Crippen LogP contribution in [-0.4, -0.2) is 29.7 Å². The number of aromatic nitrogens is 2. The average Bonchev–Trinajstić information content (AvgIpc) is 2.41. The van der Waals surface area contributed by atoms with Gasteiger partial charge in [-0.05, 0) is 31.9 Å². The molecule has 1 N–H and O–H groups in total. The van der Waals surface area contributed by atoms with Crippen molar-refractivity contribution in [1.29, 1.82) is 0 Å². The van der Waals surface area contributed by atoms with Crippen molar-refractivity contribution in [3.8, 4) is 0 Å². The van der Waals surface area contributed by atoms with E-state index in [0.717, 1.165) is 31.8 Å². The Morgan fingerprint density at radius 1 is 1.53 bits per heavy atom. The number of nitrogens with one attached hydrogen (secondary N) is 1. The first kappa shape index (κ1) is 12.5. The Balaban J connectivity index is 1.97. The first-order chi connectivity index (χ1) is 8.42. The molecular weight excluding hydrogens is 214 g/mol. The molecule has 2 heterocycles. The quantitative estimate of drug-likeness (QED) is 0.792. The molecule has 0 amide bonds. The zero-order valence-corrected chi connectivity index (χ0v) is 10.4. The van der Waals surface area contributed by atoms with Crippen molar-refractivity contribution in [2.75, 3.05) is 19.7 Å². The highest BCUT2D eigenvalue weighted by Gasteiger charge is 2.27. The van der Waals surface area contributed by atoms with Crippen LogP contribution < -0.4 is 5.32 Å². The van der Waals surface area contributed by atoms with Gasteiger partial charge in [0.05, 0.1) is 5.69 Å². The predicted octanol–water partition coefficient (Wildman–Crippen LogP) is 1.94. The van der Waals surface area contributed by atoms with Gasteiger partial charge in [0.15, 0.2) is 0 Å². The summed E-state index contributed by atoms with van der Waals surface area (Å²) in [5, 5.41) is 3.48. The predicted molar refractivity (Wildman–Crippen MR) is 66.6 cm³/mol. The van der Waals surface area contributed by atoms with Crippen LogP contribution in [0.25, 0.3) is 0 Å². The van der Waals surface area contributed by atoms with Crippen LogP contribution in [0.5, 0.6) is 0 Å². The Hall–Kier alpha value is -1.00. The van der Waals surface area contributed by atoms with E-state index in [2.05, 4.69) is 22.2 Å². The van der Waals surface area contributed by atoms with Crippen LogP contribution in [0.4, 0.5) is 0 Å². The molecule has 4 heteroatoms. The topological polar surface area (TPSA) is 47.0 Å². The summed E-state index contributed by atoms with van der Waals surface area (Å²) in [6.45, 7) is 5.13. The number of ether oxygens (including phenoxy) is 1. The standard InChI is InChI=1S/C13H21N3O/c1-2-6-14-9-11-4-3-8-17-13(11)12-5-7-15-10-16-12/h5,7,10-11,13-14H,2-4,6,8-9H2,1H3. The zero-order valence-electron chi connectivity index (χ0n) is 10.4. The first-order valence-electron chi connectivity index (χ1n) is 6.50. The summed E-state index contributed by atoms with van der Waals surface area (Å²) in [4.78, 5) is 8.28. The van der Waals surface area contributed by atoms with Crippen LogP contribution in [0.15, 0.2) is 18.6 Å². The van der Waals surface area contributed by atoms with E-state index in [4.69, 9.17) is 4.74 Å². The molecule has 2 unspecified atom stereocenters. The van der Waals surface area contributed by atoms with E-state index in [9.17, 15) is 0 Å². The number of rotatable bonds is 5. The van der Waals surface area contributed by atoms with Gasteiger partial charge in [0.2, 0.25) is 0 Å². The van der Waals surface area contributed by atoms with E-state index in [1.807, 2.05) is 6.07 Å². The lowest BCUT2D eigenvalue weighted by atomic mass is 9.92. The van der Waals surface area contributed by atoms with Crippen molar-refractivity contribution >= 4 is 0 Å². The molecule has 0 spiro atoms. The van der Waals surface area contributed by atoms with E-state index in [0.29, 0.717) is 5.92 Å². The molecule has 1 fully saturated rings. The maximum atomic E-state index is 5.88. The molecule has 0 saturated carbocycles. The molecule has 0 aliphatic carbocycles. The fraction of sp³-hybridized carbons (Fsp3) is 0.692. The van der Waals surface area contributed by atoms with Crippen molar-refractivity contribution in [2.45, 2.75) is 32.3 Å². The van der Waals surface area contributed by atoms with Gasteiger partial charge in [-0.3, -0.25) is 0 Å². The second kappa shape index (κ2) is 6.67.